The number of aliphatic hydroxyl groups excluding tert-OH is 1. The van der Waals surface area contributed by atoms with Crippen molar-refractivity contribution >= 4 is 0 Å². The summed E-state index contributed by atoms with van der Waals surface area (Å²) >= 11 is 0. The molecule has 0 fully saturated rings. The SMILES string of the molecule is COc1ccccc1CC(O)c1ccc(F)c(F)c1F. The van der Waals surface area contributed by atoms with Gasteiger partial charge in [-0.2, -0.15) is 0 Å². The van der Waals surface area contributed by atoms with Gasteiger partial charge in [0.2, 0.25) is 0 Å². The maximum absolute atomic E-state index is 13.6. The van der Waals surface area contributed by atoms with E-state index in [4.69, 9.17) is 4.74 Å². The van der Waals surface area contributed by atoms with Crippen LogP contribution in [0.5, 0.6) is 5.75 Å². The van der Waals surface area contributed by atoms with Gasteiger partial charge in [-0.15, -0.1) is 0 Å². The number of hydrogen-bond donors (Lipinski definition) is 1. The van der Waals surface area contributed by atoms with Crippen LogP contribution in [-0.2, 0) is 6.42 Å². The molecule has 2 nitrogen and oxygen atoms in total. The molecular weight excluding hydrogens is 269 g/mol. The second-order valence-electron chi connectivity index (χ2n) is 4.30. The average molecular weight is 282 g/mol. The standard InChI is InChI=1S/C15H13F3O2/c1-20-13-5-3-2-4-9(13)8-12(19)10-6-7-11(16)15(18)14(10)17/h2-7,12,19H,8H2,1H3. The van der Waals surface area contributed by atoms with E-state index in [1.54, 1.807) is 24.3 Å². The number of benzene rings is 2. The van der Waals surface area contributed by atoms with Gasteiger partial charge in [0.15, 0.2) is 17.5 Å². The van der Waals surface area contributed by atoms with Gasteiger partial charge in [0.05, 0.1) is 13.2 Å². The molecule has 0 bridgehead atoms. The summed E-state index contributed by atoms with van der Waals surface area (Å²) in [5.41, 5.74) is 0.362. The number of ether oxygens (including phenoxy) is 1. The highest BCUT2D eigenvalue weighted by Crippen LogP contribution is 2.27. The number of hydrogen-bond acceptors (Lipinski definition) is 2. The third-order valence-corrected chi connectivity index (χ3v) is 3.03. The van der Waals surface area contributed by atoms with Gasteiger partial charge in [-0.1, -0.05) is 24.3 Å². The number of methoxy groups -OCH3 is 1. The van der Waals surface area contributed by atoms with Crippen molar-refractivity contribution in [1.29, 1.82) is 0 Å². The third-order valence-electron chi connectivity index (χ3n) is 3.03. The van der Waals surface area contributed by atoms with E-state index < -0.39 is 23.6 Å². The van der Waals surface area contributed by atoms with Crippen LogP contribution in [0.4, 0.5) is 13.2 Å². The molecule has 0 spiro atoms. The summed E-state index contributed by atoms with van der Waals surface area (Å²) in [4.78, 5) is 0. The Morgan fingerprint density at radius 2 is 1.75 bits per heavy atom. The average Bonchev–Trinajstić information content (AvgIpc) is 2.45. The maximum Gasteiger partial charge on any atom is 0.194 e. The van der Waals surface area contributed by atoms with E-state index in [1.807, 2.05) is 0 Å². The van der Waals surface area contributed by atoms with E-state index in [0.717, 1.165) is 12.1 Å². The fraction of sp³-hybridized carbons (Fsp3) is 0.200. The van der Waals surface area contributed by atoms with Gasteiger partial charge in [0.25, 0.3) is 0 Å². The van der Waals surface area contributed by atoms with Gasteiger partial charge in [0.1, 0.15) is 5.75 Å². The van der Waals surface area contributed by atoms with Crippen LogP contribution in [0, 0.1) is 17.5 Å². The predicted octanol–water partition coefficient (Wildman–Crippen LogP) is 3.39. The molecule has 5 heteroatoms. The molecule has 2 aromatic rings. The topological polar surface area (TPSA) is 29.5 Å². The van der Waals surface area contributed by atoms with E-state index in [0.29, 0.717) is 11.3 Å². The molecule has 2 rings (SSSR count). The number of aliphatic hydroxyl groups is 1. The monoisotopic (exact) mass is 282 g/mol. The molecule has 0 aliphatic rings. The molecule has 0 aliphatic carbocycles. The second-order valence-corrected chi connectivity index (χ2v) is 4.30. The Bertz CT molecular complexity index is 614. The minimum Gasteiger partial charge on any atom is -0.496 e. The molecule has 0 amide bonds. The highest BCUT2D eigenvalue weighted by molar-refractivity contribution is 5.35. The minimum absolute atomic E-state index is 0.0337. The van der Waals surface area contributed by atoms with Gasteiger partial charge >= 0.3 is 0 Å². The predicted molar refractivity (Wildman–Crippen MR) is 68.0 cm³/mol. The lowest BCUT2D eigenvalue weighted by molar-refractivity contribution is 0.170. The largest absolute Gasteiger partial charge is 0.496 e. The summed E-state index contributed by atoms with van der Waals surface area (Å²) in [6, 6.07) is 8.73. The Labute approximate surface area is 114 Å². The molecular formula is C15H13F3O2. The van der Waals surface area contributed by atoms with Crippen molar-refractivity contribution in [2.24, 2.45) is 0 Å². The summed E-state index contributed by atoms with van der Waals surface area (Å²) in [5, 5.41) is 10.0. The Hall–Kier alpha value is -2.01. The molecule has 0 heterocycles. The van der Waals surface area contributed by atoms with E-state index >= 15 is 0 Å². The van der Waals surface area contributed by atoms with Crippen molar-refractivity contribution in [3.05, 3.63) is 65.0 Å². The zero-order chi connectivity index (χ0) is 14.7. The van der Waals surface area contributed by atoms with Crippen molar-refractivity contribution in [2.45, 2.75) is 12.5 Å². The Morgan fingerprint density at radius 3 is 2.45 bits per heavy atom. The van der Waals surface area contributed by atoms with Crippen LogP contribution in [0.2, 0.25) is 0 Å². The number of halogens is 3. The molecule has 1 unspecified atom stereocenters. The molecule has 0 aliphatic heterocycles. The Balaban J connectivity index is 2.29. The summed E-state index contributed by atoms with van der Waals surface area (Å²) in [6.07, 6.45) is -1.26. The third kappa shape index (κ3) is 2.77. The Morgan fingerprint density at radius 1 is 1.05 bits per heavy atom. The first-order chi connectivity index (χ1) is 9.54. The molecule has 106 valence electrons. The highest BCUT2D eigenvalue weighted by Gasteiger charge is 2.20. The van der Waals surface area contributed by atoms with Gasteiger partial charge in [-0.05, 0) is 17.7 Å². The molecule has 20 heavy (non-hydrogen) atoms. The van der Waals surface area contributed by atoms with Gasteiger partial charge < -0.3 is 9.84 Å². The minimum atomic E-state index is -1.58. The smallest absolute Gasteiger partial charge is 0.194 e. The lowest BCUT2D eigenvalue weighted by Gasteiger charge is -2.14. The quantitative estimate of drug-likeness (QED) is 0.871. The van der Waals surface area contributed by atoms with Gasteiger partial charge in [0, 0.05) is 12.0 Å². The van der Waals surface area contributed by atoms with E-state index in [1.165, 1.54) is 7.11 Å². The van der Waals surface area contributed by atoms with Crippen LogP contribution in [0.3, 0.4) is 0 Å². The van der Waals surface area contributed by atoms with E-state index in [9.17, 15) is 18.3 Å². The first-order valence-corrected chi connectivity index (χ1v) is 5.98. The summed E-state index contributed by atoms with van der Waals surface area (Å²) < 4.78 is 44.7. The van der Waals surface area contributed by atoms with Crippen LogP contribution in [0.1, 0.15) is 17.2 Å². The van der Waals surface area contributed by atoms with Crippen LogP contribution >= 0.6 is 0 Å². The van der Waals surface area contributed by atoms with E-state index in [2.05, 4.69) is 0 Å². The Kier molecular flexibility index (Phi) is 4.29. The lowest BCUT2D eigenvalue weighted by Crippen LogP contribution is -2.08. The van der Waals surface area contributed by atoms with Crippen molar-refractivity contribution in [3.63, 3.8) is 0 Å². The summed E-state index contributed by atoms with van der Waals surface area (Å²) in [5.74, 6) is -3.70. The zero-order valence-electron chi connectivity index (χ0n) is 10.7. The molecule has 2 aromatic carbocycles. The molecule has 1 N–H and O–H groups in total. The molecule has 0 saturated heterocycles. The van der Waals surface area contributed by atoms with Crippen LogP contribution < -0.4 is 4.74 Å². The zero-order valence-corrected chi connectivity index (χ0v) is 10.7. The lowest BCUT2D eigenvalue weighted by atomic mass is 10.00. The highest BCUT2D eigenvalue weighted by atomic mass is 19.2. The molecule has 0 radical (unpaired) electrons. The van der Waals surface area contributed by atoms with Gasteiger partial charge in [-0.25, -0.2) is 13.2 Å². The van der Waals surface area contributed by atoms with Crippen molar-refractivity contribution in [2.75, 3.05) is 7.11 Å². The second kappa shape index (κ2) is 5.96. The van der Waals surface area contributed by atoms with Crippen molar-refractivity contribution in [1.82, 2.24) is 0 Å². The van der Waals surface area contributed by atoms with Crippen LogP contribution in [-0.4, -0.2) is 12.2 Å². The van der Waals surface area contributed by atoms with Crippen LogP contribution in [0.25, 0.3) is 0 Å². The maximum atomic E-state index is 13.6. The fourth-order valence-corrected chi connectivity index (χ4v) is 1.99. The normalized spacial score (nSPS) is 12.2. The first-order valence-electron chi connectivity index (χ1n) is 5.98. The summed E-state index contributed by atoms with van der Waals surface area (Å²) in [6.45, 7) is 0. The van der Waals surface area contributed by atoms with Gasteiger partial charge in [-0.3, -0.25) is 0 Å². The van der Waals surface area contributed by atoms with Crippen LogP contribution in [0.15, 0.2) is 36.4 Å². The summed E-state index contributed by atoms with van der Waals surface area (Å²) in [7, 11) is 1.48. The van der Waals surface area contributed by atoms with Crippen molar-refractivity contribution < 1.29 is 23.0 Å². The number of rotatable bonds is 4. The molecule has 0 aromatic heterocycles. The molecule has 1 atom stereocenters. The fourth-order valence-electron chi connectivity index (χ4n) is 1.99. The molecule has 0 saturated carbocycles. The first kappa shape index (κ1) is 14.4. The van der Waals surface area contributed by atoms with Crippen molar-refractivity contribution in [3.8, 4) is 5.75 Å². The number of para-hydroxylation sites is 1. The van der Waals surface area contributed by atoms with E-state index in [-0.39, 0.29) is 12.0 Å².